The van der Waals surface area contributed by atoms with Crippen molar-refractivity contribution in [1.82, 2.24) is 35.3 Å². The number of hydrogen-bond donors (Lipinski definition) is 0. The molecule has 3 heterocycles. The van der Waals surface area contributed by atoms with Crippen molar-refractivity contribution in [2.24, 2.45) is 0 Å². The normalized spacial score (nSPS) is 23.3. The number of rotatable bonds is 3. The Morgan fingerprint density at radius 3 is 2.65 bits per heavy atom. The molecule has 1 saturated heterocycles. The molecule has 0 N–H and O–H groups in total. The van der Waals surface area contributed by atoms with Crippen LogP contribution in [0.1, 0.15) is 64.1 Å². The summed E-state index contributed by atoms with van der Waals surface area (Å²) in [7, 11) is 0. The van der Waals surface area contributed by atoms with Gasteiger partial charge in [0.25, 0.3) is 0 Å². The highest BCUT2D eigenvalue weighted by Gasteiger charge is 2.34. The quantitative estimate of drug-likeness (QED) is 0.853. The fraction of sp³-hybridized carbons (Fsp3) is 0.800. The molecule has 0 bridgehead atoms. The van der Waals surface area contributed by atoms with Gasteiger partial charge in [0, 0.05) is 13.0 Å². The first-order valence-electron chi connectivity index (χ1n) is 8.18. The third kappa shape index (κ3) is 3.26. The zero-order valence-electron chi connectivity index (χ0n) is 14.5. The number of tetrazole rings is 1. The number of piperidine rings is 1. The van der Waals surface area contributed by atoms with Crippen LogP contribution in [0.4, 0.5) is 0 Å². The maximum atomic E-state index is 5.66. The molecule has 1 aliphatic rings. The summed E-state index contributed by atoms with van der Waals surface area (Å²) in [5, 5.41) is 20.4. The van der Waals surface area contributed by atoms with Crippen molar-refractivity contribution in [1.29, 1.82) is 0 Å². The van der Waals surface area contributed by atoms with E-state index in [9.17, 15) is 0 Å². The molecule has 3 rings (SSSR count). The van der Waals surface area contributed by atoms with E-state index in [2.05, 4.69) is 58.3 Å². The zero-order valence-corrected chi connectivity index (χ0v) is 14.5. The highest BCUT2D eigenvalue weighted by atomic mass is 16.4. The molecule has 0 saturated carbocycles. The second kappa shape index (κ2) is 5.99. The number of likely N-dealkylation sites (tertiary alicyclic amines) is 1. The fourth-order valence-corrected chi connectivity index (χ4v) is 3.24. The lowest BCUT2D eigenvalue weighted by atomic mass is 9.90. The van der Waals surface area contributed by atoms with Crippen LogP contribution in [0.3, 0.4) is 0 Å². The molecule has 0 spiro atoms. The second-order valence-electron chi connectivity index (χ2n) is 7.30. The molecule has 1 aliphatic heterocycles. The Hall–Kier alpha value is -1.83. The third-order valence-electron chi connectivity index (χ3n) is 4.49. The molecule has 2 aromatic rings. The maximum absolute atomic E-state index is 5.66. The Morgan fingerprint density at radius 2 is 2.00 bits per heavy atom. The predicted octanol–water partition coefficient (Wildman–Crippen LogP) is 1.89. The predicted molar refractivity (Wildman–Crippen MR) is 83.7 cm³/mol. The van der Waals surface area contributed by atoms with Crippen molar-refractivity contribution in [2.75, 3.05) is 6.54 Å². The Labute approximate surface area is 136 Å². The van der Waals surface area contributed by atoms with Crippen LogP contribution in [-0.4, -0.2) is 47.9 Å². The summed E-state index contributed by atoms with van der Waals surface area (Å²) >= 11 is 0. The molecular formula is C15H25N7O. The average Bonchev–Trinajstić information content (AvgIpc) is 3.09. The SMILES string of the molecule is Cc1nnc([C@H]2CCCN(Cc3nnnn3C(C)(C)C)[C@H]2C)o1. The van der Waals surface area contributed by atoms with E-state index in [0.29, 0.717) is 11.9 Å². The number of aromatic nitrogens is 6. The van der Waals surface area contributed by atoms with E-state index >= 15 is 0 Å². The van der Waals surface area contributed by atoms with E-state index in [1.165, 1.54) is 0 Å². The largest absolute Gasteiger partial charge is 0.425 e. The molecule has 0 radical (unpaired) electrons. The van der Waals surface area contributed by atoms with Crippen molar-refractivity contribution in [3.8, 4) is 0 Å². The van der Waals surface area contributed by atoms with Gasteiger partial charge >= 0.3 is 0 Å². The lowest BCUT2D eigenvalue weighted by molar-refractivity contribution is 0.111. The summed E-state index contributed by atoms with van der Waals surface area (Å²) in [6.07, 6.45) is 2.18. The minimum Gasteiger partial charge on any atom is -0.425 e. The monoisotopic (exact) mass is 319 g/mol. The van der Waals surface area contributed by atoms with E-state index < -0.39 is 0 Å². The molecule has 1 fully saturated rings. The van der Waals surface area contributed by atoms with Crippen molar-refractivity contribution in [3.05, 3.63) is 17.6 Å². The standard InChI is InChI=1S/C15H25N7O/c1-10-12(14-18-16-11(2)23-14)7-6-8-21(10)9-13-17-19-20-22(13)15(3,4)5/h10,12H,6-9H2,1-5H3/t10-,12-/m0/s1. The maximum Gasteiger partial charge on any atom is 0.221 e. The van der Waals surface area contributed by atoms with E-state index in [4.69, 9.17) is 4.42 Å². The van der Waals surface area contributed by atoms with Crippen molar-refractivity contribution in [3.63, 3.8) is 0 Å². The lowest BCUT2D eigenvalue weighted by Gasteiger charge is -2.37. The van der Waals surface area contributed by atoms with Gasteiger partial charge in [-0.3, -0.25) is 4.90 Å². The summed E-state index contributed by atoms with van der Waals surface area (Å²) in [4.78, 5) is 2.40. The van der Waals surface area contributed by atoms with Gasteiger partial charge in [0.05, 0.1) is 18.0 Å². The highest BCUT2D eigenvalue weighted by Crippen LogP contribution is 2.32. The van der Waals surface area contributed by atoms with Gasteiger partial charge in [-0.25, -0.2) is 4.68 Å². The Morgan fingerprint density at radius 1 is 1.22 bits per heavy atom. The van der Waals surface area contributed by atoms with Gasteiger partial charge < -0.3 is 4.42 Å². The summed E-state index contributed by atoms with van der Waals surface area (Å²) in [6.45, 7) is 12.1. The van der Waals surface area contributed by atoms with Crippen LogP contribution >= 0.6 is 0 Å². The topological polar surface area (TPSA) is 85.8 Å². The number of aryl methyl sites for hydroxylation is 1. The number of hydrogen-bond acceptors (Lipinski definition) is 7. The van der Waals surface area contributed by atoms with Gasteiger partial charge in [-0.15, -0.1) is 15.3 Å². The van der Waals surface area contributed by atoms with Crippen LogP contribution < -0.4 is 0 Å². The molecule has 2 atom stereocenters. The first-order valence-corrected chi connectivity index (χ1v) is 8.18. The van der Waals surface area contributed by atoms with Crippen LogP contribution in [0.15, 0.2) is 4.42 Å². The highest BCUT2D eigenvalue weighted by molar-refractivity contribution is 5.01. The van der Waals surface area contributed by atoms with Crippen LogP contribution in [0, 0.1) is 6.92 Å². The van der Waals surface area contributed by atoms with E-state index in [0.717, 1.165) is 37.6 Å². The van der Waals surface area contributed by atoms with Gasteiger partial charge in [0.15, 0.2) is 5.82 Å². The summed E-state index contributed by atoms with van der Waals surface area (Å²) in [6, 6.07) is 0.314. The molecule has 2 aromatic heterocycles. The first-order chi connectivity index (χ1) is 10.9. The fourth-order valence-electron chi connectivity index (χ4n) is 3.24. The molecular weight excluding hydrogens is 294 g/mol. The van der Waals surface area contributed by atoms with Gasteiger partial charge in [-0.1, -0.05) is 0 Å². The van der Waals surface area contributed by atoms with Crippen LogP contribution in [-0.2, 0) is 12.1 Å². The van der Waals surface area contributed by atoms with Gasteiger partial charge in [-0.2, -0.15) is 0 Å². The average molecular weight is 319 g/mol. The summed E-state index contributed by atoms with van der Waals surface area (Å²) < 4.78 is 7.56. The smallest absolute Gasteiger partial charge is 0.221 e. The van der Waals surface area contributed by atoms with Crippen LogP contribution in [0.5, 0.6) is 0 Å². The Bertz CT molecular complexity index is 657. The lowest BCUT2D eigenvalue weighted by Crippen LogP contribution is -2.43. The van der Waals surface area contributed by atoms with E-state index in [1.54, 1.807) is 0 Å². The van der Waals surface area contributed by atoms with Gasteiger partial charge in [0.2, 0.25) is 11.8 Å². The Balaban J connectivity index is 1.77. The first kappa shape index (κ1) is 16.0. The summed E-state index contributed by atoms with van der Waals surface area (Å²) in [5.41, 5.74) is -0.124. The minimum atomic E-state index is -0.124. The second-order valence-corrected chi connectivity index (χ2v) is 7.30. The van der Waals surface area contributed by atoms with Crippen molar-refractivity contribution < 1.29 is 4.42 Å². The molecule has 0 aromatic carbocycles. The molecule has 8 nitrogen and oxygen atoms in total. The van der Waals surface area contributed by atoms with Gasteiger partial charge in [-0.05, 0) is 57.5 Å². The zero-order chi connectivity index (χ0) is 16.6. The Kier molecular flexibility index (Phi) is 4.18. The van der Waals surface area contributed by atoms with Gasteiger partial charge in [0.1, 0.15) is 0 Å². The third-order valence-corrected chi connectivity index (χ3v) is 4.49. The van der Waals surface area contributed by atoms with E-state index in [1.807, 2.05) is 11.6 Å². The van der Waals surface area contributed by atoms with Crippen molar-refractivity contribution in [2.45, 2.75) is 71.5 Å². The van der Waals surface area contributed by atoms with Crippen LogP contribution in [0.25, 0.3) is 0 Å². The molecule has 126 valence electrons. The van der Waals surface area contributed by atoms with Crippen molar-refractivity contribution >= 4 is 0 Å². The summed E-state index contributed by atoms with van der Waals surface area (Å²) in [5.74, 6) is 2.53. The molecule has 0 aliphatic carbocycles. The molecule has 0 amide bonds. The van der Waals surface area contributed by atoms with E-state index in [-0.39, 0.29) is 11.5 Å². The molecule has 23 heavy (non-hydrogen) atoms. The van der Waals surface area contributed by atoms with Crippen LogP contribution in [0.2, 0.25) is 0 Å². The minimum absolute atomic E-state index is 0.124. The molecule has 8 heteroatoms. The number of nitrogens with zero attached hydrogens (tertiary/aromatic N) is 7. The molecule has 0 unspecified atom stereocenters.